The first-order chi connectivity index (χ1) is 7.94. The molecule has 0 spiro atoms. The van der Waals surface area contributed by atoms with Crippen LogP contribution in [-0.4, -0.2) is 27.8 Å². The topological polar surface area (TPSA) is 86.6 Å². The van der Waals surface area contributed by atoms with Crippen LogP contribution in [0.3, 0.4) is 0 Å². The van der Waals surface area contributed by atoms with Crippen molar-refractivity contribution in [1.29, 1.82) is 0 Å². The van der Waals surface area contributed by atoms with Gasteiger partial charge in [-0.3, -0.25) is 4.79 Å². The lowest BCUT2D eigenvalue weighted by Crippen LogP contribution is -2.54. The lowest BCUT2D eigenvalue weighted by atomic mass is 10.0. The van der Waals surface area contributed by atoms with Crippen molar-refractivity contribution in [1.82, 2.24) is 5.32 Å². The molecular weight excluding hydrogens is 222 g/mol. The van der Waals surface area contributed by atoms with E-state index in [1.165, 1.54) is 0 Å². The van der Waals surface area contributed by atoms with Crippen molar-refractivity contribution in [3.8, 4) is 0 Å². The minimum absolute atomic E-state index is 0.0775. The van der Waals surface area contributed by atoms with Gasteiger partial charge in [0.2, 0.25) is 11.6 Å². The molecule has 0 saturated carbocycles. The molecule has 0 fully saturated rings. The number of aliphatic hydroxyl groups is 1. The molecule has 92 valence electrons. The van der Waals surface area contributed by atoms with Crippen LogP contribution in [0.1, 0.15) is 18.9 Å². The fraction of sp³-hybridized carbons (Fsp3) is 0.333. The summed E-state index contributed by atoms with van der Waals surface area (Å²) in [5, 5.41) is 20.7. The lowest BCUT2D eigenvalue weighted by molar-refractivity contribution is -0.166. The summed E-state index contributed by atoms with van der Waals surface area (Å²) in [6.45, 7) is 1.16. The molecular formula is C12H15NO4. The zero-order valence-electron chi connectivity index (χ0n) is 9.51. The Morgan fingerprint density at radius 2 is 1.88 bits per heavy atom. The highest BCUT2D eigenvalue weighted by molar-refractivity contribution is 5.84. The summed E-state index contributed by atoms with van der Waals surface area (Å²) in [5.41, 5.74) is -1.31. The van der Waals surface area contributed by atoms with Crippen molar-refractivity contribution in [2.75, 3.05) is 0 Å². The smallest absolute Gasteiger partial charge is 0.357 e. The molecule has 0 heterocycles. The maximum atomic E-state index is 10.9. The predicted octanol–water partition coefficient (Wildman–Crippen LogP) is 0.528. The number of carboxylic acid groups (broad SMARTS) is 1. The number of carboxylic acids is 1. The van der Waals surface area contributed by atoms with Crippen LogP contribution in [0.4, 0.5) is 0 Å². The van der Waals surface area contributed by atoms with E-state index >= 15 is 0 Å². The van der Waals surface area contributed by atoms with Gasteiger partial charge in [-0.15, -0.1) is 0 Å². The summed E-state index contributed by atoms with van der Waals surface area (Å²) in [6.07, 6.45) is 0.288. The molecule has 1 amide bonds. The van der Waals surface area contributed by atoms with E-state index < -0.39 is 17.6 Å². The van der Waals surface area contributed by atoms with E-state index in [4.69, 9.17) is 5.11 Å². The fourth-order valence-corrected chi connectivity index (χ4v) is 1.48. The first-order valence-corrected chi connectivity index (χ1v) is 5.22. The molecule has 0 saturated heterocycles. The van der Waals surface area contributed by atoms with Gasteiger partial charge in [-0.2, -0.15) is 0 Å². The van der Waals surface area contributed by atoms with Gasteiger partial charge in [0.05, 0.1) is 0 Å². The third-order valence-corrected chi connectivity index (χ3v) is 2.35. The molecule has 1 aromatic rings. The zero-order chi connectivity index (χ0) is 12.9. The van der Waals surface area contributed by atoms with Crippen molar-refractivity contribution in [2.45, 2.75) is 25.5 Å². The van der Waals surface area contributed by atoms with E-state index in [0.29, 0.717) is 6.42 Å². The van der Waals surface area contributed by atoms with Gasteiger partial charge in [0.1, 0.15) is 0 Å². The van der Waals surface area contributed by atoms with Gasteiger partial charge in [-0.1, -0.05) is 30.3 Å². The number of aliphatic carboxylic acids is 1. The molecule has 1 aromatic carbocycles. The number of carbonyl (C=O) groups is 2. The average Bonchev–Trinajstić information content (AvgIpc) is 2.27. The van der Waals surface area contributed by atoms with Crippen LogP contribution in [0.15, 0.2) is 30.3 Å². The number of carbonyl (C=O) groups excluding carboxylic acids is 1. The van der Waals surface area contributed by atoms with Gasteiger partial charge in [0.25, 0.3) is 0 Å². The van der Waals surface area contributed by atoms with Gasteiger partial charge in [-0.25, -0.2) is 4.79 Å². The highest BCUT2D eigenvalue weighted by atomic mass is 16.4. The Morgan fingerprint density at radius 1 is 1.29 bits per heavy atom. The first-order valence-electron chi connectivity index (χ1n) is 5.22. The van der Waals surface area contributed by atoms with E-state index in [1.807, 2.05) is 35.6 Å². The maximum absolute atomic E-state index is 10.9. The monoisotopic (exact) mass is 237 g/mol. The summed E-state index contributed by atoms with van der Waals surface area (Å²) in [5.74, 6) is -2.04. The van der Waals surface area contributed by atoms with E-state index in [9.17, 15) is 14.7 Å². The quantitative estimate of drug-likeness (QED) is 0.652. The number of amides is 1. The minimum atomic E-state index is -2.21. The predicted molar refractivity (Wildman–Crippen MR) is 61.2 cm³/mol. The molecule has 0 bridgehead atoms. The van der Waals surface area contributed by atoms with Gasteiger partial charge in [-0.05, 0) is 12.0 Å². The van der Waals surface area contributed by atoms with E-state index in [1.54, 1.807) is 0 Å². The van der Waals surface area contributed by atoms with Crippen LogP contribution in [0, 0.1) is 0 Å². The fourth-order valence-electron chi connectivity index (χ4n) is 1.48. The van der Waals surface area contributed by atoms with Crippen LogP contribution in [0.25, 0.3) is 0 Å². The molecule has 0 aliphatic heterocycles. The Kier molecular flexibility index (Phi) is 4.23. The third-order valence-electron chi connectivity index (χ3n) is 2.35. The highest BCUT2D eigenvalue weighted by Crippen LogP contribution is 2.12. The van der Waals surface area contributed by atoms with Crippen LogP contribution in [0.5, 0.6) is 0 Å². The van der Waals surface area contributed by atoms with Gasteiger partial charge < -0.3 is 15.5 Å². The molecule has 17 heavy (non-hydrogen) atoms. The highest BCUT2D eigenvalue weighted by Gasteiger charge is 2.36. The second-order valence-corrected chi connectivity index (χ2v) is 3.83. The second kappa shape index (κ2) is 5.45. The standard InChI is InChI=1S/C12H15NO4/c1-9(14)13-12(17,11(15)16)8-7-10-5-3-2-4-6-10/h2-6,17H,7-8H2,1H3,(H,13,14)(H,15,16). The number of benzene rings is 1. The summed E-state index contributed by atoms with van der Waals surface area (Å²) in [6, 6.07) is 9.16. The number of rotatable bonds is 5. The van der Waals surface area contributed by atoms with E-state index in [0.717, 1.165) is 12.5 Å². The summed E-state index contributed by atoms with van der Waals surface area (Å²) >= 11 is 0. The van der Waals surface area contributed by atoms with Gasteiger partial charge in [0, 0.05) is 13.3 Å². The van der Waals surface area contributed by atoms with Gasteiger partial charge >= 0.3 is 5.97 Å². The molecule has 5 heteroatoms. The average molecular weight is 237 g/mol. The Hall–Kier alpha value is -1.88. The molecule has 1 atom stereocenters. The summed E-state index contributed by atoms with van der Waals surface area (Å²) < 4.78 is 0. The van der Waals surface area contributed by atoms with Crippen molar-refractivity contribution in [3.05, 3.63) is 35.9 Å². The Morgan fingerprint density at radius 3 is 2.35 bits per heavy atom. The normalized spacial score (nSPS) is 13.8. The molecule has 5 nitrogen and oxygen atoms in total. The van der Waals surface area contributed by atoms with Crippen LogP contribution >= 0.6 is 0 Å². The number of hydrogen-bond acceptors (Lipinski definition) is 3. The molecule has 0 radical (unpaired) electrons. The van der Waals surface area contributed by atoms with Crippen LogP contribution in [-0.2, 0) is 16.0 Å². The summed E-state index contributed by atoms with van der Waals surface area (Å²) in [4.78, 5) is 21.8. The lowest BCUT2D eigenvalue weighted by Gasteiger charge is -2.23. The van der Waals surface area contributed by atoms with Crippen molar-refractivity contribution < 1.29 is 19.8 Å². The molecule has 0 aliphatic rings. The van der Waals surface area contributed by atoms with Crippen molar-refractivity contribution >= 4 is 11.9 Å². The molecule has 1 unspecified atom stereocenters. The van der Waals surface area contributed by atoms with Gasteiger partial charge in [0.15, 0.2) is 0 Å². The van der Waals surface area contributed by atoms with E-state index in [-0.39, 0.29) is 6.42 Å². The Bertz CT molecular complexity index is 404. The molecule has 0 aromatic heterocycles. The molecule has 3 N–H and O–H groups in total. The van der Waals surface area contributed by atoms with Crippen LogP contribution in [0.2, 0.25) is 0 Å². The summed E-state index contributed by atoms with van der Waals surface area (Å²) in [7, 11) is 0. The number of nitrogens with one attached hydrogen (secondary N) is 1. The number of hydrogen-bond donors (Lipinski definition) is 3. The van der Waals surface area contributed by atoms with E-state index in [2.05, 4.69) is 0 Å². The SMILES string of the molecule is CC(=O)NC(O)(CCc1ccccc1)C(=O)O. The maximum Gasteiger partial charge on any atom is 0.357 e. The zero-order valence-corrected chi connectivity index (χ0v) is 9.51. The van der Waals surface area contributed by atoms with Crippen molar-refractivity contribution in [2.24, 2.45) is 0 Å². The third kappa shape index (κ3) is 3.88. The Labute approximate surface area is 99.1 Å². The second-order valence-electron chi connectivity index (χ2n) is 3.83. The molecule has 1 rings (SSSR count). The molecule has 0 aliphatic carbocycles. The van der Waals surface area contributed by atoms with Crippen LogP contribution < -0.4 is 5.32 Å². The Balaban J connectivity index is 2.68. The first kappa shape index (κ1) is 13.2. The minimum Gasteiger partial charge on any atom is -0.478 e. The largest absolute Gasteiger partial charge is 0.478 e. The number of aryl methyl sites for hydroxylation is 1. The van der Waals surface area contributed by atoms with Crippen molar-refractivity contribution in [3.63, 3.8) is 0 Å².